The van der Waals surface area contributed by atoms with E-state index in [2.05, 4.69) is 15.5 Å². The molecule has 5 nitrogen and oxygen atoms in total. The van der Waals surface area contributed by atoms with Crippen molar-refractivity contribution in [1.82, 2.24) is 20.1 Å². The number of aryl methyl sites for hydroxylation is 3. The van der Waals surface area contributed by atoms with E-state index in [1.165, 1.54) is 17.4 Å². The van der Waals surface area contributed by atoms with Gasteiger partial charge >= 0.3 is 0 Å². The van der Waals surface area contributed by atoms with E-state index in [-0.39, 0.29) is 17.8 Å². The van der Waals surface area contributed by atoms with Gasteiger partial charge in [0.1, 0.15) is 17.5 Å². The molecule has 1 aliphatic rings. The minimum atomic E-state index is -0.275. The van der Waals surface area contributed by atoms with Crippen molar-refractivity contribution in [1.29, 1.82) is 0 Å². The minimum Gasteiger partial charge on any atom is -0.347 e. The highest BCUT2D eigenvalue weighted by molar-refractivity contribution is 7.21. The zero-order chi connectivity index (χ0) is 16.8. The lowest BCUT2D eigenvalue weighted by molar-refractivity contribution is 0.0931. The van der Waals surface area contributed by atoms with E-state index in [1.54, 1.807) is 13.0 Å². The monoisotopic (exact) mass is 344 g/mol. The van der Waals surface area contributed by atoms with Crippen LogP contribution in [0, 0.1) is 19.7 Å². The fourth-order valence-electron chi connectivity index (χ4n) is 3.30. The zero-order valence-corrected chi connectivity index (χ0v) is 14.3. The maximum atomic E-state index is 14.0. The van der Waals surface area contributed by atoms with E-state index in [0.29, 0.717) is 22.4 Å². The Hall–Kier alpha value is -2.28. The summed E-state index contributed by atoms with van der Waals surface area (Å²) in [6.07, 6.45) is 1.63. The molecular weight excluding hydrogens is 327 g/mol. The molecule has 0 radical (unpaired) electrons. The number of carbonyl (C=O) groups excluding carboxylic acids is 1. The van der Waals surface area contributed by atoms with Gasteiger partial charge in [-0.2, -0.15) is 0 Å². The number of rotatable bonds is 2. The molecule has 7 heteroatoms. The Labute approximate surface area is 142 Å². The molecule has 0 saturated heterocycles. The summed E-state index contributed by atoms with van der Waals surface area (Å²) < 4.78 is 16.9. The van der Waals surface area contributed by atoms with Gasteiger partial charge in [-0.3, -0.25) is 4.79 Å². The van der Waals surface area contributed by atoms with Crippen LogP contribution in [0.2, 0.25) is 0 Å². The predicted octanol–water partition coefficient (Wildman–Crippen LogP) is 2.99. The first-order valence-corrected chi connectivity index (χ1v) is 8.73. The molecule has 1 amide bonds. The minimum absolute atomic E-state index is 0.0363. The van der Waals surface area contributed by atoms with Crippen molar-refractivity contribution in [3.8, 4) is 0 Å². The third kappa shape index (κ3) is 2.39. The lowest BCUT2D eigenvalue weighted by atomic mass is 10.1. The van der Waals surface area contributed by atoms with Crippen molar-refractivity contribution in [2.75, 3.05) is 0 Å². The van der Waals surface area contributed by atoms with Crippen LogP contribution in [-0.4, -0.2) is 26.7 Å². The van der Waals surface area contributed by atoms with Gasteiger partial charge in [0.15, 0.2) is 0 Å². The second kappa shape index (κ2) is 5.66. The number of hydrogen-bond acceptors (Lipinski definition) is 4. The molecule has 1 aromatic carbocycles. The van der Waals surface area contributed by atoms with Crippen molar-refractivity contribution in [3.63, 3.8) is 0 Å². The normalized spacial score (nSPS) is 17.0. The Balaban J connectivity index is 1.58. The van der Waals surface area contributed by atoms with Crippen LogP contribution in [0.5, 0.6) is 0 Å². The second-order valence-corrected chi connectivity index (χ2v) is 7.20. The van der Waals surface area contributed by atoms with Gasteiger partial charge in [0.05, 0.1) is 4.88 Å². The predicted molar refractivity (Wildman–Crippen MR) is 90.9 cm³/mol. The fraction of sp³-hybridized carbons (Fsp3) is 0.353. The molecule has 0 fully saturated rings. The van der Waals surface area contributed by atoms with Gasteiger partial charge in [0.2, 0.25) is 0 Å². The van der Waals surface area contributed by atoms with E-state index < -0.39 is 0 Å². The molecule has 0 spiro atoms. The summed E-state index contributed by atoms with van der Waals surface area (Å²) in [7, 11) is 0. The molecule has 0 aliphatic carbocycles. The summed E-state index contributed by atoms with van der Waals surface area (Å²) in [5.41, 5.74) is 0.711. The molecule has 1 atom stereocenters. The Morgan fingerprint density at radius 3 is 3.00 bits per heavy atom. The van der Waals surface area contributed by atoms with E-state index in [0.717, 1.165) is 29.2 Å². The van der Waals surface area contributed by atoms with Crippen LogP contribution in [0.1, 0.15) is 33.3 Å². The van der Waals surface area contributed by atoms with Crippen LogP contribution in [0.15, 0.2) is 18.2 Å². The zero-order valence-electron chi connectivity index (χ0n) is 13.5. The SMILES string of the molecule is Cc1c(C(=O)N[C@H]2CCc3nnc(C)n3C2)sc2cccc(F)c12. The quantitative estimate of drug-likeness (QED) is 0.777. The fourth-order valence-corrected chi connectivity index (χ4v) is 4.43. The molecule has 0 saturated carbocycles. The van der Waals surface area contributed by atoms with Gasteiger partial charge < -0.3 is 9.88 Å². The highest BCUT2D eigenvalue weighted by Gasteiger charge is 2.25. The van der Waals surface area contributed by atoms with Gasteiger partial charge in [-0.1, -0.05) is 6.07 Å². The van der Waals surface area contributed by atoms with Crippen molar-refractivity contribution >= 4 is 27.3 Å². The number of nitrogens with zero attached hydrogens (tertiary/aromatic N) is 3. The summed E-state index contributed by atoms with van der Waals surface area (Å²) in [6.45, 7) is 4.40. The van der Waals surface area contributed by atoms with Crippen molar-refractivity contribution in [2.24, 2.45) is 0 Å². The van der Waals surface area contributed by atoms with E-state index >= 15 is 0 Å². The Morgan fingerprint density at radius 1 is 1.38 bits per heavy atom. The van der Waals surface area contributed by atoms with Gasteiger partial charge in [-0.05, 0) is 38.0 Å². The lowest BCUT2D eigenvalue weighted by Gasteiger charge is -2.24. The molecule has 0 bridgehead atoms. The molecule has 0 unspecified atom stereocenters. The molecule has 24 heavy (non-hydrogen) atoms. The second-order valence-electron chi connectivity index (χ2n) is 6.15. The Bertz CT molecular complexity index is 946. The van der Waals surface area contributed by atoms with Crippen LogP contribution in [0.25, 0.3) is 10.1 Å². The number of benzene rings is 1. The average molecular weight is 344 g/mol. The summed E-state index contributed by atoms with van der Waals surface area (Å²) in [4.78, 5) is 13.3. The molecule has 3 aromatic rings. The number of thiophene rings is 1. The number of nitrogens with one attached hydrogen (secondary N) is 1. The number of fused-ring (bicyclic) bond motifs is 2. The van der Waals surface area contributed by atoms with E-state index in [9.17, 15) is 9.18 Å². The van der Waals surface area contributed by atoms with Crippen LogP contribution in [0.3, 0.4) is 0 Å². The lowest BCUT2D eigenvalue weighted by Crippen LogP contribution is -2.41. The van der Waals surface area contributed by atoms with E-state index in [1.807, 2.05) is 17.6 Å². The first kappa shape index (κ1) is 15.3. The van der Waals surface area contributed by atoms with Crippen LogP contribution >= 0.6 is 11.3 Å². The smallest absolute Gasteiger partial charge is 0.261 e. The standard InChI is InChI=1S/C17H17FN4OS/c1-9-15-12(18)4-3-5-13(15)24-16(9)17(23)19-11-6-7-14-21-20-10(2)22(14)8-11/h3-5,11H,6-8H2,1-2H3,(H,19,23)/t11-/m0/s1. The first-order chi connectivity index (χ1) is 11.5. The first-order valence-electron chi connectivity index (χ1n) is 7.91. The molecule has 124 valence electrons. The van der Waals surface area contributed by atoms with Gasteiger partial charge in [-0.25, -0.2) is 4.39 Å². The number of aromatic nitrogens is 3. The van der Waals surface area contributed by atoms with Gasteiger partial charge in [-0.15, -0.1) is 21.5 Å². The maximum absolute atomic E-state index is 14.0. The molecule has 4 rings (SSSR count). The van der Waals surface area contributed by atoms with Gasteiger partial charge in [0, 0.05) is 29.1 Å². The Kier molecular flexibility index (Phi) is 3.60. The summed E-state index contributed by atoms with van der Waals surface area (Å²) >= 11 is 1.34. The molecular formula is C17H17FN4OS. The summed E-state index contributed by atoms with van der Waals surface area (Å²) in [6, 6.07) is 4.99. The van der Waals surface area contributed by atoms with E-state index in [4.69, 9.17) is 0 Å². The topological polar surface area (TPSA) is 59.8 Å². The molecule has 3 heterocycles. The number of amides is 1. The number of carbonyl (C=O) groups is 1. The Morgan fingerprint density at radius 2 is 2.21 bits per heavy atom. The van der Waals surface area contributed by atoms with Crippen molar-refractivity contribution < 1.29 is 9.18 Å². The van der Waals surface area contributed by atoms with Gasteiger partial charge in [0.25, 0.3) is 5.91 Å². The van der Waals surface area contributed by atoms with Crippen LogP contribution in [0.4, 0.5) is 4.39 Å². The number of halogens is 1. The molecule has 2 aromatic heterocycles. The van der Waals surface area contributed by atoms with Crippen molar-refractivity contribution in [3.05, 3.63) is 46.1 Å². The number of hydrogen-bond donors (Lipinski definition) is 1. The average Bonchev–Trinajstić information content (AvgIpc) is 3.09. The molecule has 1 N–H and O–H groups in total. The highest BCUT2D eigenvalue weighted by Crippen LogP contribution is 2.32. The van der Waals surface area contributed by atoms with Crippen LogP contribution in [-0.2, 0) is 13.0 Å². The largest absolute Gasteiger partial charge is 0.347 e. The maximum Gasteiger partial charge on any atom is 0.261 e. The van der Waals surface area contributed by atoms with Crippen molar-refractivity contribution in [2.45, 2.75) is 39.3 Å². The third-order valence-corrected chi connectivity index (χ3v) is 5.83. The van der Waals surface area contributed by atoms with Crippen LogP contribution < -0.4 is 5.32 Å². The molecule has 1 aliphatic heterocycles. The summed E-state index contributed by atoms with van der Waals surface area (Å²) in [5, 5.41) is 11.9. The highest BCUT2D eigenvalue weighted by atomic mass is 32.1. The third-order valence-electron chi connectivity index (χ3n) is 4.58. The summed E-state index contributed by atoms with van der Waals surface area (Å²) in [5.74, 6) is 1.43.